The van der Waals surface area contributed by atoms with Gasteiger partial charge in [-0.05, 0) is 43.2 Å². The van der Waals surface area contributed by atoms with Crippen molar-refractivity contribution in [1.82, 2.24) is 10.2 Å². The molecule has 0 bridgehead atoms. The van der Waals surface area contributed by atoms with Crippen LogP contribution in [0.15, 0.2) is 48.5 Å². The molecule has 1 saturated heterocycles. The van der Waals surface area contributed by atoms with Gasteiger partial charge in [-0.3, -0.25) is 19.3 Å². The van der Waals surface area contributed by atoms with E-state index in [0.29, 0.717) is 28.3 Å². The number of imide groups is 1. The molecule has 150 valence electrons. The highest BCUT2D eigenvalue weighted by molar-refractivity contribution is 6.30. The van der Waals surface area contributed by atoms with E-state index in [2.05, 4.69) is 10.6 Å². The zero-order valence-corrected chi connectivity index (χ0v) is 16.7. The van der Waals surface area contributed by atoms with Gasteiger partial charge in [0.2, 0.25) is 5.91 Å². The molecule has 2 aromatic carbocycles. The highest BCUT2D eigenvalue weighted by Crippen LogP contribution is 2.33. The van der Waals surface area contributed by atoms with Gasteiger partial charge in [-0.15, -0.1) is 0 Å². The number of nitrogens with one attached hydrogen (secondary N) is 2. The maximum Gasteiger partial charge on any atom is 0.325 e. The van der Waals surface area contributed by atoms with Crippen LogP contribution in [0.3, 0.4) is 0 Å². The lowest BCUT2D eigenvalue weighted by Gasteiger charge is -2.25. The largest absolute Gasteiger partial charge is 0.325 e. The highest BCUT2D eigenvalue weighted by Gasteiger charge is 2.51. The Balaban J connectivity index is 1.77. The van der Waals surface area contributed by atoms with Crippen molar-refractivity contribution in [2.45, 2.75) is 25.8 Å². The van der Waals surface area contributed by atoms with Crippen LogP contribution in [0.1, 0.15) is 36.2 Å². The summed E-state index contributed by atoms with van der Waals surface area (Å²) < 4.78 is 0. The summed E-state index contributed by atoms with van der Waals surface area (Å²) in [6.45, 7) is 2.77. The third-order valence-corrected chi connectivity index (χ3v) is 5.15. The maximum atomic E-state index is 13.1. The predicted molar refractivity (Wildman–Crippen MR) is 109 cm³/mol. The molecular formula is C21H20ClN3O4. The van der Waals surface area contributed by atoms with E-state index in [-0.39, 0.29) is 5.78 Å². The van der Waals surface area contributed by atoms with Crippen molar-refractivity contribution in [3.05, 3.63) is 64.7 Å². The number of nitrogens with zero attached hydrogens (tertiary/aromatic N) is 1. The second-order valence-corrected chi connectivity index (χ2v) is 7.21. The van der Waals surface area contributed by atoms with Crippen LogP contribution in [0, 0.1) is 0 Å². The van der Waals surface area contributed by atoms with E-state index < -0.39 is 29.9 Å². The van der Waals surface area contributed by atoms with Crippen molar-refractivity contribution in [3.63, 3.8) is 0 Å². The van der Waals surface area contributed by atoms with Gasteiger partial charge in [0, 0.05) is 16.3 Å². The molecule has 1 fully saturated rings. The van der Waals surface area contributed by atoms with Gasteiger partial charge in [0.15, 0.2) is 5.78 Å². The van der Waals surface area contributed by atoms with E-state index in [4.69, 9.17) is 11.6 Å². The molecule has 0 unspecified atom stereocenters. The Morgan fingerprint density at radius 2 is 1.83 bits per heavy atom. The molecule has 4 amide bonds. The van der Waals surface area contributed by atoms with E-state index in [1.54, 1.807) is 49.4 Å². The SMILES string of the molecule is CC[C@@]1(c2ccc(Cl)cc2)NC(=O)N(CC(=O)Nc2cccc(C(C)=O)c2)C1=O. The lowest BCUT2D eigenvalue weighted by Crippen LogP contribution is -2.44. The van der Waals surface area contributed by atoms with Crippen molar-refractivity contribution in [3.8, 4) is 0 Å². The van der Waals surface area contributed by atoms with Gasteiger partial charge in [-0.25, -0.2) is 4.79 Å². The molecule has 0 aromatic heterocycles. The molecule has 1 aliphatic heterocycles. The number of hydrogen-bond donors (Lipinski definition) is 2. The Morgan fingerprint density at radius 1 is 1.14 bits per heavy atom. The molecule has 2 aromatic rings. The number of amides is 4. The fourth-order valence-electron chi connectivity index (χ4n) is 3.30. The van der Waals surface area contributed by atoms with E-state index >= 15 is 0 Å². The zero-order chi connectivity index (χ0) is 21.2. The topological polar surface area (TPSA) is 95.6 Å². The van der Waals surface area contributed by atoms with Crippen LogP contribution in [-0.4, -0.2) is 35.1 Å². The molecule has 3 rings (SSSR count). The number of carbonyl (C=O) groups is 4. The molecular weight excluding hydrogens is 394 g/mol. The van der Waals surface area contributed by atoms with Crippen LogP contribution < -0.4 is 10.6 Å². The molecule has 0 spiro atoms. The minimum atomic E-state index is -1.24. The number of hydrogen-bond acceptors (Lipinski definition) is 4. The summed E-state index contributed by atoms with van der Waals surface area (Å²) in [4.78, 5) is 50.4. The van der Waals surface area contributed by atoms with Crippen LogP contribution in [0.25, 0.3) is 0 Å². The minimum Gasteiger partial charge on any atom is -0.325 e. The summed E-state index contributed by atoms with van der Waals surface area (Å²) in [6.07, 6.45) is 0.317. The molecule has 7 nitrogen and oxygen atoms in total. The summed E-state index contributed by atoms with van der Waals surface area (Å²) in [5, 5.41) is 5.85. The third kappa shape index (κ3) is 4.00. The van der Waals surface area contributed by atoms with Gasteiger partial charge < -0.3 is 10.6 Å². The van der Waals surface area contributed by atoms with Crippen molar-refractivity contribution < 1.29 is 19.2 Å². The molecule has 2 N–H and O–H groups in total. The van der Waals surface area contributed by atoms with E-state index in [9.17, 15) is 19.2 Å². The standard InChI is InChI=1S/C21H20ClN3O4/c1-3-21(15-7-9-16(22)10-8-15)19(28)25(20(29)24-21)12-18(27)23-17-6-4-5-14(11-17)13(2)26/h4-11H,3,12H2,1-2H3,(H,23,27)(H,24,29)/t21-/m0/s1. The summed E-state index contributed by atoms with van der Waals surface area (Å²) in [6, 6.07) is 12.5. The summed E-state index contributed by atoms with van der Waals surface area (Å²) >= 11 is 5.92. The molecule has 0 saturated carbocycles. The first kappa shape index (κ1) is 20.5. The second-order valence-electron chi connectivity index (χ2n) is 6.77. The quantitative estimate of drug-likeness (QED) is 0.560. The number of benzene rings is 2. The van der Waals surface area contributed by atoms with Gasteiger partial charge in [-0.2, -0.15) is 0 Å². The Bertz CT molecular complexity index is 990. The normalized spacial score (nSPS) is 18.5. The van der Waals surface area contributed by atoms with Crippen molar-refractivity contribution in [2.24, 2.45) is 0 Å². The number of carbonyl (C=O) groups excluding carboxylic acids is 4. The van der Waals surface area contributed by atoms with Gasteiger partial charge >= 0.3 is 6.03 Å². The van der Waals surface area contributed by atoms with Gasteiger partial charge in [0.1, 0.15) is 12.1 Å². The van der Waals surface area contributed by atoms with Crippen molar-refractivity contribution in [1.29, 1.82) is 0 Å². The van der Waals surface area contributed by atoms with Gasteiger partial charge in [0.05, 0.1) is 0 Å². The van der Waals surface area contributed by atoms with Gasteiger partial charge in [0.25, 0.3) is 5.91 Å². The number of halogens is 1. The smallest absolute Gasteiger partial charge is 0.325 e. The lowest BCUT2D eigenvalue weighted by molar-refractivity contribution is -0.134. The molecule has 1 heterocycles. The number of Topliss-reactive ketones (excluding diaryl/α,β-unsaturated/α-hetero) is 1. The lowest BCUT2D eigenvalue weighted by atomic mass is 9.87. The number of rotatable bonds is 6. The maximum absolute atomic E-state index is 13.1. The van der Waals surface area contributed by atoms with E-state index in [1.807, 2.05) is 0 Å². The predicted octanol–water partition coefficient (Wildman–Crippen LogP) is 3.34. The summed E-state index contributed by atoms with van der Waals surface area (Å²) in [7, 11) is 0. The van der Waals surface area contributed by atoms with Crippen LogP contribution in [-0.2, 0) is 15.1 Å². The fourth-order valence-corrected chi connectivity index (χ4v) is 3.43. The Kier molecular flexibility index (Phi) is 5.70. The first-order chi connectivity index (χ1) is 13.8. The van der Waals surface area contributed by atoms with E-state index in [0.717, 1.165) is 4.90 Å². The van der Waals surface area contributed by atoms with Crippen molar-refractivity contribution in [2.75, 3.05) is 11.9 Å². The zero-order valence-electron chi connectivity index (χ0n) is 16.0. The average molecular weight is 414 g/mol. The number of ketones is 1. The molecule has 29 heavy (non-hydrogen) atoms. The third-order valence-electron chi connectivity index (χ3n) is 4.90. The molecule has 0 aliphatic carbocycles. The summed E-state index contributed by atoms with van der Waals surface area (Å²) in [5.41, 5.74) is 0.218. The van der Waals surface area contributed by atoms with Crippen LogP contribution in [0.4, 0.5) is 10.5 Å². The second kappa shape index (κ2) is 8.05. The first-order valence-electron chi connectivity index (χ1n) is 9.08. The monoisotopic (exact) mass is 413 g/mol. The van der Waals surface area contributed by atoms with Crippen molar-refractivity contribution >= 4 is 40.9 Å². The summed E-state index contributed by atoms with van der Waals surface area (Å²) in [5.74, 6) is -1.18. The van der Waals surface area contributed by atoms with E-state index in [1.165, 1.54) is 13.0 Å². The Labute approximate surface area is 173 Å². The van der Waals surface area contributed by atoms with Crippen LogP contribution in [0.2, 0.25) is 5.02 Å². The molecule has 1 atom stereocenters. The van der Waals surface area contributed by atoms with Crippen LogP contribution in [0.5, 0.6) is 0 Å². The average Bonchev–Trinajstić information content (AvgIpc) is 2.93. The van der Waals surface area contributed by atoms with Crippen LogP contribution >= 0.6 is 11.6 Å². The molecule has 1 aliphatic rings. The Hall–Kier alpha value is -3.19. The molecule has 0 radical (unpaired) electrons. The number of urea groups is 1. The van der Waals surface area contributed by atoms with Gasteiger partial charge in [-0.1, -0.05) is 42.8 Å². The minimum absolute atomic E-state index is 0.133. The Morgan fingerprint density at radius 3 is 2.45 bits per heavy atom. The number of anilines is 1. The highest BCUT2D eigenvalue weighted by atomic mass is 35.5. The first-order valence-corrected chi connectivity index (χ1v) is 9.45. The molecule has 8 heteroatoms. The fraction of sp³-hybridized carbons (Fsp3) is 0.238.